The lowest BCUT2D eigenvalue weighted by molar-refractivity contribution is -0.150. The third-order valence-corrected chi connectivity index (χ3v) is 7.68. The van der Waals surface area contributed by atoms with E-state index in [4.69, 9.17) is 32.7 Å². The van der Waals surface area contributed by atoms with Gasteiger partial charge < -0.3 is 14.6 Å². The number of esters is 1. The molecule has 180 valence electrons. The molecule has 0 radical (unpaired) electrons. The summed E-state index contributed by atoms with van der Waals surface area (Å²) >= 11 is 14.6. The molecule has 1 saturated carbocycles. The van der Waals surface area contributed by atoms with E-state index >= 15 is 0 Å². The average Bonchev–Trinajstić information content (AvgIpc) is 2.80. The number of aliphatic hydroxyl groups excluding tert-OH is 1. The van der Waals surface area contributed by atoms with Gasteiger partial charge in [-0.15, -0.1) is 35.0 Å². The topological polar surface area (TPSA) is 55.8 Å². The van der Waals surface area contributed by atoms with Crippen LogP contribution in [0.15, 0.2) is 59.5 Å². The summed E-state index contributed by atoms with van der Waals surface area (Å²) in [6.45, 7) is 2.90. The Morgan fingerprint density at radius 2 is 1.88 bits per heavy atom. The molecule has 0 aliphatic heterocycles. The molecule has 1 aliphatic carbocycles. The molecule has 0 spiro atoms. The first kappa shape index (κ1) is 26.4. The van der Waals surface area contributed by atoms with Crippen LogP contribution in [0.4, 0.5) is 0 Å². The van der Waals surface area contributed by atoms with Crippen molar-refractivity contribution >= 4 is 40.9 Å². The van der Waals surface area contributed by atoms with Gasteiger partial charge in [0, 0.05) is 4.90 Å². The minimum atomic E-state index is -0.932. The number of ether oxygens (including phenoxy) is 2. The van der Waals surface area contributed by atoms with Crippen molar-refractivity contribution in [2.75, 3.05) is 19.5 Å². The predicted octanol–water partition coefficient (Wildman–Crippen LogP) is 6.22. The fourth-order valence-electron chi connectivity index (χ4n) is 4.55. The quantitative estimate of drug-likeness (QED) is 0.233. The second kappa shape index (κ2) is 12.5. The molecule has 0 aromatic heterocycles. The lowest BCUT2D eigenvalue weighted by atomic mass is 9.71. The van der Waals surface area contributed by atoms with Gasteiger partial charge in [0.1, 0.15) is 10.3 Å². The first-order valence-electron chi connectivity index (χ1n) is 11.3. The van der Waals surface area contributed by atoms with E-state index in [0.29, 0.717) is 32.5 Å². The molecule has 1 fully saturated rings. The average molecular weight is 512 g/mol. The maximum atomic E-state index is 12.9. The van der Waals surface area contributed by atoms with E-state index in [-0.39, 0.29) is 18.4 Å². The number of alkyl halides is 2. The van der Waals surface area contributed by atoms with Crippen molar-refractivity contribution in [2.45, 2.75) is 54.0 Å². The Kier molecular flexibility index (Phi) is 9.95. The normalized spacial score (nSPS) is 21.8. The Bertz CT molecular complexity index is 876. The molecule has 0 bridgehead atoms. The van der Waals surface area contributed by atoms with Gasteiger partial charge >= 0.3 is 5.97 Å². The van der Waals surface area contributed by atoms with Crippen LogP contribution in [-0.4, -0.2) is 41.0 Å². The van der Waals surface area contributed by atoms with Crippen molar-refractivity contribution < 1.29 is 19.4 Å². The molecule has 0 saturated heterocycles. The van der Waals surface area contributed by atoms with Gasteiger partial charge in [0.2, 0.25) is 0 Å². The Labute approximate surface area is 211 Å². The third-order valence-electron chi connectivity index (χ3n) is 6.25. The predicted molar refractivity (Wildman–Crippen MR) is 135 cm³/mol. The molecule has 0 heterocycles. The second-order valence-corrected chi connectivity index (χ2v) is 11.0. The Balaban J connectivity index is 1.79. The number of carbonyl (C=O) groups excluding carboxylic acids is 1. The van der Waals surface area contributed by atoms with Gasteiger partial charge in [0.15, 0.2) is 0 Å². The Morgan fingerprint density at radius 3 is 2.52 bits per heavy atom. The Morgan fingerprint density at radius 1 is 1.18 bits per heavy atom. The SMILES string of the molecule is CCOC(=O)C(c1ccc(SC)cc1)C(O)[C@@H]1CCC(Cl)(Cl)C[C@H]1COCc1ccccc1. The van der Waals surface area contributed by atoms with E-state index in [9.17, 15) is 9.90 Å². The monoisotopic (exact) mass is 510 g/mol. The highest BCUT2D eigenvalue weighted by Gasteiger charge is 2.45. The highest BCUT2D eigenvalue weighted by atomic mass is 35.5. The van der Waals surface area contributed by atoms with Crippen LogP contribution in [0.1, 0.15) is 43.2 Å². The van der Waals surface area contributed by atoms with E-state index < -0.39 is 22.3 Å². The van der Waals surface area contributed by atoms with Gasteiger partial charge in [-0.1, -0.05) is 42.5 Å². The van der Waals surface area contributed by atoms with Crippen LogP contribution in [0.3, 0.4) is 0 Å². The summed E-state index contributed by atoms with van der Waals surface area (Å²) in [7, 11) is 0. The summed E-state index contributed by atoms with van der Waals surface area (Å²) in [5, 5.41) is 11.5. The van der Waals surface area contributed by atoms with Crippen molar-refractivity contribution in [2.24, 2.45) is 11.8 Å². The molecule has 4 atom stereocenters. The number of carbonyl (C=O) groups is 1. The third kappa shape index (κ3) is 7.37. The zero-order valence-corrected chi connectivity index (χ0v) is 21.4. The molecule has 1 N–H and O–H groups in total. The lowest BCUT2D eigenvalue weighted by Gasteiger charge is -2.41. The van der Waals surface area contributed by atoms with E-state index in [1.165, 1.54) is 0 Å². The van der Waals surface area contributed by atoms with Crippen molar-refractivity contribution in [3.8, 4) is 0 Å². The summed E-state index contributed by atoms with van der Waals surface area (Å²) in [4.78, 5) is 14.0. The van der Waals surface area contributed by atoms with Crippen LogP contribution in [0.2, 0.25) is 0 Å². The molecule has 2 unspecified atom stereocenters. The number of thioether (sulfide) groups is 1. The van der Waals surface area contributed by atoms with E-state index in [2.05, 4.69) is 0 Å². The Hall–Kier alpha value is -1.24. The molecular weight excluding hydrogens is 479 g/mol. The summed E-state index contributed by atoms with van der Waals surface area (Å²) in [5.41, 5.74) is 1.82. The summed E-state index contributed by atoms with van der Waals surface area (Å²) < 4.78 is 10.5. The van der Waals surface area contributed by atoms with Crippen molar-refractivity contribution in [1.29, 1.82) is 0 Å². The number of aliphatic hydroxyl groups is 1. The van der Waals surface area contributed by atoms with E-state index in [1.54, 1.807) is 18.7 Å². The minimum Gasteiger partial charge on any atom is -0.465 e. The van der Waals surface area contributed by atoms with Gasteiger partial charge in [-0.3, -0.25) is 4.79 Å². The summed E-state index contributed by atoms with van der Waals surface area (Å²) in [6.07, 6.45) is 2.71. The van der Waals surface area contributed by atoms with Crippen LogP contribution >= 0.6 is 35.0 Å². The maximum Gasteiger partial charge on any atom is 0.316 e. The van der Waals surface area contributed by atoms with Gasteiger partial charge in [-0.2, -0.15) is 0 Å². The van der Waals surface area contributed by atoms with Gasteiger partial charge in [-0.05, 0) is 67.5 Å². The molecule has 2 aromatic carbocycles. The van der Waals surface area contributed by atoms with Crippen LogP contribution < -0.4 is 0 Å². The minimum absolute atomic E-state index is 0.0881. The van der Waals surface area contributed by atoms with Gasteiger partial charge in [0.05, 0.1) is 25.9 Å². The standard InChI is InChI=1S/C26H32Cl2O4S/c1-3-32-25(30)23(19-9-11-21(33-2)12-10-19)24(29)22-13-14-26(27,28)15-20(22)17-31-16-18-7-5-4-6-8-18/h4-12,20,22-24,29H,3,13-17H2,1-2H3/t20-,22+,23?,24?/m0/s1. The molecule has 4 nitrogen and oxygen atoms in total. The van der Waals surface area contributed by atoms with Crippen LogP contribution in [0.25, 0.3) is 0 Å². The lowest BCUT2D eigenvalue weighted by Crippen LogP contribution is -2.43. The highest BCUT2D eigenvalue weighted by molar-refractivity contribution is 7.98. The first-order valence-corrected chi connectivity index (χ1v) is 13.3. The van der Waals surface area contributed by atoms with Crippen LogP contribution in [0, 0.1) is 11.8 Å². The van der Waals surface area contributed by atoms with Crippen molar-refractivity contribution in [3.63, 3.8) is 0 Å². The molecule has 1 aliphatic rings. The van der Waals surface area contributed by atoms with E-state index in [1.807, 2.05) is 60.9 Å². The molecule has 2 aromatic rings. The zero-order valence-electron chi connectivity index (χ0n) is 19.1. The van der Waals surface area contributed by atoms with Gasteiger partial charge in [0.25, 0.3) is 0 Å². The van der Waals surface area contributed by atoms with Crippen molar-refractivity contribution in [3.05, 3.63) is 65.7 Å². The molecule has 7 heteroatoms. The number of benzene rings is 2. The molecular formula is C26H32Cl2O4S. The molecule has 33 heavy (non-hydrogen) atoms. The summed E-state index contributed by atoms with van der Waals surface area (Å²) in [6, 6.07) is 17.6. The summed E-state index contributed by atoms with van der Waals surface area (Å²) in [5.74, 6) is -1.48. The van der Waals surface area contributed by atoms with Crippen LogP contribution in [-0.2, 0) is 20.9 Å². The van der Waals surface area contributed by atoms with E-state index in [0.717, 1.165) is 16.0 Å². The number of rotatable bonds is 10. The number of halogens is 2. The largest absolute Gasteiger partial charge is 0.465 e. The number of hydrogen-bond acceptors (Lipinski definition) is 5. The molecule has 0 amide bonds. The maximum absolute atomic E-state index is 12.9. The number of hydrogen-bond donors (Lipinski definition) is 1. The molecule has 3 rings (SSSR count). The fraction of sp³-hybridized carbons (Fsp3) is 0.500. The highest BCUT2D eigenvalue weighted by Crippen LogP contribution is 2.47. The smallest absolute Gasteiger partial charge is 0.316 e. The van der Waals surface area contributed by atoms with Gasteiger partial charge in [-0.25, -0.2) is 0 Å². The first-order chi connectivity index (χ1) is 15.8. The van der Waals surface area contributed by atoms with Crippen LogP contribution in [0.5, 0.6) is 0 Å². The zero-order chi connectivity index (χ0) is 23.8. The second-order valence-electron chi connectivity index (χ2n) is 8.52. The fourth-order valence-corrected chi connectivity index (χ4v) is 5.57. The van der Waals surface area contributed by atoms with Crippen molar-refractivity contribution in [1.82, 2.24) is 0 Å².